The molecule has 0 aromatic carbocycles. The number of hydrogen-bond donors (Lipinski definition) is 1. The lowest BCUT2D eigenvalue weighted by atomic mass is 10.4. The van der Waals surface area contributed by atoms with Crippen LogP contribution in [0.2, 0.25) is 0 Å². The molecule has 2 rings (SSSR count). The van der Waals surface area contributed by atoms with Gasteiger partial charge in [-0.3, -0.25) is 9.48 Å². The standard InChI is InChI=1S/C11H15N5O2S/c1-3-18-9(17)6-19-5-8-14-10(12)7-4-13-16(2)11(7)15-8/h4H,3,5-6H2,1-2H3,(H2,12,14,15). The predicted molar refractivity (Wildman–Crippen MR) is 73.5 cm³/mol. The van der Waals surface area contributed by atoms with Gasteiger partial charge in [-0.05, 0) is 6.92 Å². The number of ether oxygens (including phenoxy) is 1. The van der Waals surface area contributed by atoms with Crippen molar-refractivity contribution in [2.24, 2.45) is 7.05 Å². The van der Waals surface area contributed by atoms with Crippen LogP contribution in [-0.4, -0.2) is 38.1 Å². The third-order valence-corrected chi connectivity index (χ3v) is 3.33. The third-order valence-electron chi connectivity index (χ3n) is 2.42. The molecule has 0 amide bonds. The van der Waals surface area contributed by atoms with Gasteiger partial charge in [-0.1, -0.05) is 0 Å². The van der Waals surface area contributed by atoms with Crippen LogP contribution in [0.15, 0.2) is 6.20 Å². The summed E-state index contributed by atoms with van der Waals surface area (Å²) in [6.07, 6.45) is 1.64. The van der Waals surface area contributed by atoms with Gasteiger partial charge in [-0.25, -0.2) is 9.97 Å². The molecule has 0 saturated heterocycles. The average Bonchev–Trinajstić information content (AvgIpc) is 2.72. The molecular weight excluding hydrogens is 266 g/mol. The maximum atomic E-state index is 11.2. The normalized spacial score (nSPS) is 10.8. The summed E-state index contributed by atoms with van der Waals surface area (Å²) in [4.78, 5) is 19.8. The molecule has 102 valence electrons. The SMILES string of the molecule is CCOC(=O)CSCc1nc(N)c2cnn(C)c2n1. The van der Waals surface area contributed by atoms with Gasteiger partial charge < -0.3 is 10.5 Å². The summed E-state index contributed by atoms with van der Waals surface area (Å²) in [5.41, 5.74) is 6.54. The molecule has 2 aromatic rings. The van der Waals surface area contributed by atoms with Crippen LogP contribution in [0.1, 0.15) is 12.7 Å². The smallest absolute Gasteiger partial charge is 0.315 e. The first-order valence-corrected chi connectivity index (χ1v) is 6.94. The van der Waals surface area contributed by atoms with Gasteiger partial charge in [-0.15, -0.1) is 11.8 Å². The van der Waals surface area contributed by atoms with Crippen molar-refractivity contribution in [3.8, 4) is 0 Å². The van der Waals surface area contributed by atoms with Gasteiger partial charge in [0, 0.05) is 7.05 Å². The fourth-order valence-electron chi connectivity index (χ4n) is 1.58. The highest BCUT2D eigenvalue weighted by Gasteiger charge is 2.10. The van der Waals surface area contributed by atoms with E-state index in [-0.39, 0.29) is 11.7 Å². The van der Waals surface area contributed by atoms with Gasteiger partial charge >= 0.3 is 5.97 Å². The number of nitrogen functional groups attached to an aromatic ring is 1. The van der Waals surface area contributed by atoms with Crippen molar-refractivity contribution in [3.05, 3.63) is 12.0 Å². The zero-order valence-electron chi connectivity index (χ0n) is 10.8. The minimum Gasteiger partial charge on any atom is -0.465 e. The van der Waals surface area contributed by atoms with Gasteiger partial charge in [0.05, 0.1) is 29.7 Å². The Kier molecular flexibility index (Phi) is 4.20. The topological polar surface area (TPSA) is 95.9 Å². The van der Waals surface area contributed by atoms with E-state index in [1.54, 1.807) is 24.9 Å². The van der Waals surface area contributed by atoms with E-state index in [0.717, 1.165) is 5.39 Å². The van der Waals surface area contributed by atoms with Gasteiger partial charge in [0.1, 0.15) is 11.6 Å². The number of aromatic nitrogens is 4. The first kappa shape index (κ1) is 13.6. The lowest BCUT2D eigenvalue weighted by molar-refractivity contribution is -0.139. The third kappa shape index (κ3) is 3.14. The van der Waals surface area contributed by atoms with Gasteiger partial charge in [0.2, 0.25) is 0 Å². The van der Waals surface area contributed by atoms with E-state index >= 15 is 0 Å². The largest absolute Gasteiger partial charge is 0.465 e. The molecule has 0 saturated carbocycles. The molecule has 0 aliphatic rings. The maximum absolute atomic E-state index is 11.2. The summed E-state index contributed by atoms with van der Waals surface area (Å²) in [6.45, 7) is 2.17. The minimum absolute atomic E-state index is 0.234. The molecule has 2 heterocycles. The lowest BCUT2D eigenvalue weighted by Gasteiger charge is -2.03. The molecule has 0 atom stereocenters. The predicted octanol–water partition coefficient (Wildman–Crippen LogP) is 0.742. The summed E-state index contributed by atoms with van der Waals surface area (Å²) in [6, 6.07) is 0. The Labute approximate surface area is 114 Å². The number of hydrogen-bond acceptors (Lipinski definition) is 7. The van der Waals surface area contributed by atoms with Crippen LogP contribution in [0.3, 0.4) is 0 Å². The summed E-state index contributed by atoms with van der Waals surface area (Å²) in [5.74, 6) is 1.54. The molecule has 2 N–H and O–H groups in total. The van der Waals surface area contributed by atoms with E-state index < -0.39 is 0 Å². The molecule has 0 spiro atoms. The highest BCUT2D eigenvalue weighted by molar-refractivity contribution is 7.99. The Morgan fingerprint density at radius 2 is 2.32 bits per heavy atom. The van der Waals surface area contributed by atoms with Gasteiger partial charge in [0.15, 0.2) is 5.65 Å². The van der Waals surface area contributed by atoms with Gasteiger partial charge in [-0.2, -0.15) is 5.10 Å². The molecule has 0 bridgehead atoms. The first-order chi connectivity index (χ1) is 9.11. The quantitative estimate of drug-likeness (QED) is 0.807. The number of aryl methyl sites for hydroxylation is 1. The lowest BCUT2D eigenvalue weighted by Crippen LogP contribution is -2.07. The van der Waals surface area contributed by atoms with Crippen molar-refractivity contribution < 1.29 is 9.53 Å². The van der Waals surface area contributed by atoms with Crippen LogP contribution < -0.4 is 5.73 Å². The number of rotatable bonds is 5. The van der Waals surface area contributed by atoms with E-state index in [9.17, 15) is 4.79 Å². The zero-order valence-corrected chi connectivity index (χ0v) is 11.6. The van der Waals surface area contributed by atoms with E-state index in [1.807, 2.05) is 0 Å². The molecule has 0 aliphatic heterocycles. The number of fused-ring (bicyclic) bond motifs is 1. The number of carbonyl (C=O) groups excluding carboxylic acids is 1. The molecule has 0 unspecified atom stereocenters. The van der Waals surface area contributed by atoms with Gasteiger partial charge in [0.25, 0.3) is 0 Å². The van der Waals surface area contributed by atoms with Crippen LogP contribution in [0.4, 0.5) is 5.82 Å². The number of anilines is 1. The summed E-state index contributed by atoms with van der Waals surface area (Å²) in [5, 5.41) is 4.82. The van der Waals surface area contributed by atoms with Crippen molar-refractivity contribution >= 4 is 34.6 Å². The Morgan fingerprint density at radius 3 is 3.05 bits per heavy atom. The van der Waals surface area contributed by atoms with E-state index in [2.05, 4.69) is 15.1 Å². The van der Waals surface area contributed by atoms with Crippen LogP contribution in [-0.2, 0) is 22.3 Å². The average molecular weight is 281 g/mol. The number of esters is 1. The Bertz CT molecular complexity index is 598. The van der Waals surface area contributed by atoms with Crippen molar-refractivity contribution in [1.29, 1.82) is 0 Å². The van der Waals surface area contributed by atoms with E-state index in [1.165, 1.54) is 11.8 Å². The van der Waals surface area contributed by atoms with Crippen LogP contribution in [0.25, 0.3) is 11.0 Å². The van der Waals surface area contributed by atoms with Crippen LogP contribution >= 0.6 is 11.8 Å². The Balaban J connectivity index is 2.05. The molecule has 2 aromatic heterocycles. The van der Waals surface area contributed by atoms with Crippen molar-refractivity contribution in [3.63, 3.8) is 0 Å². The summed E-state index contributed by atoms with van der Waals surface area (Å²) < 4.78 is 6.49. The minimum atomic E-state index is -0.234. The number of thioether (sulfide) groups is 1. The highest BCUT2D eigenvalue weighted by atomic mass is 32.2. The molecular formula is C11H15N5O2S. The monoisotopic (exact) mass is 281 g/mol. The molecule has 0 fully saturated rings. The summed E-state index contributed by atoms with van der Waals surface area (Å²) in [7, 11) is 1.80. The highest BCUT2D eigenvalue weighted by Crippen LogP contribution is 2.18. The Morgan fingerprint density at radius 1 is 1.53 bits per heavy atom. The Hall–Kier alpha value is -1.83. The van der Waals surface area contributed by atoms with Crippen LogP contribution in [0.5, 0.6) is 0 Å². The summed E-state index contributed by atoms with van der Waals surface area (Å²) >= 11 is 1.40. The molecule has 8 heteroatoms. The van der Waals surface area contributed by atoms with E-state index in [4.69, 9.17) is 10.5 Å². The second-order valence-corrected chi connectivity index (χ2v) is 4.81. The number of nitrogens with zero attached hydrogens (tertiary/aromatic N) is 4. The molecule has 0 aliphatic carbocycles. The fourth-order valence-corrected chi connectivity index (χ4v) is 2.25. The maximum Gasteiger partial charge on any atom is 0.315 e. The second kappa shape index (κ2) is 5.87. The molecule has 7 nitrogen and oxygen atoms in total. The van der Waals surface area contributed by atoms with Crippen molar-refractivity contribution in [2.75, 3.05) is 18.1 Å². The zero-order chi connectivity index (χ0) is 13.8. The molecule has 0 radical (unpaired) electrons. The van der Waals surface area contributed by atoms with Crippen LogP contribution in [0, 0.1) is 0 Å². The second-order valence-electron chi connectivity index (χ2n) is 3.83. The van der Waals surface area contributed by atoms with Crippen molar-refractivity contribution in [1.82, 2.24) is 19.7 Å². The van der Waals surface area contributed by atoms with Crippen molar-refractivity contribution in [2.45, 2.75) is 12.7 Å². The first-order valence-electron chi connectivity index (χ1n) is 5.79. The van der Waals surface area contributed by atoms with E-state index in [0.29, 0.717) is 29.6 Å². The number of carbonyl (C=O) groups is 1. The number of nitrogens with two attached hydrogens (primary N) is 1. The fraction of sp³-hybridized carbons (Fsp3) is 0.455. The molecule has 19 heavy (non-hydrogen) atoms.